The van der Waals surface area contributed by atoms with Crippen LogP contribution in [0, 0.1) is 0 Å². The Balaban J connectivity index is 1.51. The van der Waals surface area contributed by atoms with Crippen LogP contribution in [0.1, 0.15) is 17.7 Å². The Labute approximate surface area is 157 Å². The fourth-order valence-electron chi connectivity index (χ4n) is 3.00. The van der Waals surface area contributed by atoms with Gasteiger partial charge in [0.05, 0.1) is 11.2 Å². The van der Waals surface area contributed by atoms with Crippen LogP contribution in [-0.2, 0) is 6.54 Å². The molecule has 1 aromatic heterocycles. The largest absolute Gasteiger partial charge is 0.334 e. The van der Waals surface area contributed by atoms with Crippen molar-refractivity contribution in [3.8, 4) is 0 Å². The van der Waals surface area contributed by atoms with E-state index in [0.717, 1.165) is 39.8 Å². The highest BCUT2D eigenvalue weighted by Gasteiger charge is 2.11. The molecule has 0 spiro atoms. The first-order chi connectivity index (χ1) is 13.3. The average Bonchev–Trinajstić information content (AvgIpc) is 2.92. The van der Waals surface area contributed by atoms with E-state index < -0.39 is 0 Å². The molecule has 5 heteroatoms. The van der Waals surface area contributed by atoms with Crippen molar-refractivity contribution in [3.63, 3.8) is 0 Å². The minimum absolute atomic E-state index is 0.236. The molecule has 0 bridgehead atoms. The van der Waals surface area contributed by atoms with Crippen molar-refractivity contribution < 1.29 is 4.79 Å². The molecule has 4 rings (SSSR count). The third-order valence-corrected chi connectivity index (χ3v) is 4.37. The second-order valence-electron chi connectivity index (χ2n) is 6.31. The summed E-state index contributed by atoms with van der Waals surface area (Å²) in [5.74, 6) is 0. The fourth-order valence-corrected chi connectivity index (χ4v) is 3.00. The molecule has 0 radical (unpaired) electrons. The van der Waals surface area contributed by atoms with Gasteiger partial charge in [0.2, 0.25) is 0 Å². The molecule has 5 nitrogen and oxygen atoms in total. The highest BCUT2D eigenvalue weighted by atomic mass is 16.2. The van der Waals surface area contributed by atoms with E-state index in [1.54, 1.807) is 0 Å². The lowest BCUT2D eigenvalue weighted by molar-refractivity contribution is 0.251. The number of carbonyl (C=O) groups excluding carboxylic acids is 1. The number of carbonyl (C=O) groups is 1. The molecule has 0 saturated carbocycles. The normalized spacial score (nSPS) is 13.3. The lowest BCUT2D eigenvalue weighted by Gasteiger charge is -2.08. The summed E-state index contributed by atoms with van der Waals surface area (Å²) in [5, 5.41) is 14.2. The number of anilines is 1. The summed E-state index contributed by atoms with van der Waals surface area (Å²) < 4.78 is 0. The minimum Gasteiger partial charge on any atom is -0.334 e. The molecule has 0 fully saturated rings. The first kappa shape index (κ1) is 16.8. The molecule has 0 saturated heterocycles. The van der Waals surface area contributed by atoms with Gasteiger partial charge in [-0.25, -0.2) is 4.79 Å². The molecule has 0 atom stereocenters. The van der Waals surface area contributed by atoms with E-state index in [4.69, 9.17) is 0 Å². The summed E-state index contributed by atoms with van der Waals surface area (Å²) in [6, 6.07) is 15.3. The standard InChI is InChI=1S/C22H20N4O/c27-22(23-15-16-8-4-3-5-9-16)24-18-12-13-20-19(14-18)21(26-25-20)17-10-6-1-2-7-11-17/h1,3-14H,2,15H2,(H,25,26)(H2,23,24,27). The van der Waals surface area contributed by atoms with Crippen molar-refractivity contribution in [2.45, 2.75) is 13.0 Å². The van der Waals surface area contributed by atoms with E-state index in [-0.39, 0.29) is 6.03 Å². The van der Waals surface area contributed by atoms with Crippen LogP contribution in [0.25, 0.3) is 16.5 Å². The fraction of sp³-hybridized carbons (Fsp3) is 0.0909. The van der Waals surface area contributed by atoms with Crippen molar-refractivity contribution in [3.05, 3.63) is 90.2 Å². The molecule has 134 valence electrons. The number of aromatic amines is 1. The second kappa shape index (κ2) is 7.74. The topological polar surface area (TPSA) is 69.8 Å². The monoisotopic (exact) mass is 356 g/mol. The minimum atomic E-state index is -0.236. The van der Waals surface area contributed by atoms with Crippen LogP contribution in [0.3, 0.4) is 0 Å². The molecule has 0 aliphatic heterocycles. The van der Waals surface area contributed by atoms with Crippen molar-refractivity contribution in [1.82, 2.24) is 15.5 Å². The molecular weight excluding hydrogens is 336 g/mol. The van der Waals surface area contributed by atoms with Gasteiger partial charge in [-0.2, -0.15) is 5.10 Å². The molecule has 3 aromatic rings. The molecule has 1 aliphatic carbocycles. The number of fused-ring (bicyclic) bond motifs is 1. The van der Waals surface area contributed by atoms with E-state index in [1.165, 1.54) is 0 Å². The van der Waals surface area contributed by atoms with Crippen LogP contribution in [0.2, 0.25) is 0 Å². The molecule has 0 unspecified atom stereocenters. The summed E-state index contributed by atoms with van der Waals surface area (Å²) in [6.07, 6.45) is 11.3. The molecule has 3 N–H and O–H groups in total. The van der Waals surface area contributed by atoms with Crippen LogP contribution in [0.5, 0.6) is 0 Å². The Morgan fingerprint density at radius 2 is 2.00 bits per heavy atom. The number of allylic oxidation sites excluding steroid dienone is 6. The van der Waals surface area contributed by atoms with Crippen LogP contribution >= 0.6 is 0 Å². The van der Waals surface area contributed by atoms with Gasteiger partial charge in [0, 0.05) is 23.2 Å². The van der Waals surface area contributed by atoms with Crippen LogP contribution in [0.4, 0.5) is 10.5 Å². The number of benzene rings is 2. The van der Waals surface area contributed by atoms with Gasteiger partial charge in [-0.3, -0.25) is 5.10 Å². The number of nitrogens with one attached hydrogen (secondary N) is 3. The van der Waals surface area contributed by atoms with Gasteiger partial charge in [0.25, 0.3) is 0 Å². The number of hydrogen-bond donors (Lipinski definition) is 3. The first-order valence-electron chi connectivity index (χ1n) is 8.90. The third-order valence-electron chi connectivity index (χ3n) is 4.37. The van der Waals surface area contributed by atoms with Gasteiger partial charge < -0.3 is 10.6 Å². The van der Waals surface area contributed by atoms with Gasteiger partial charge in [-0.05, 0) is 30.2 Å². The van der Waals surface area contributed by atoms with Crippen LogP contribution < -0.4 is 10.6 Å². The molecule has 27 heavy (non-hydrogen) atoms. The maximum absolute atomic E-state index is 12.2. The first-order valence-corrected chi connectivity index (χ1v) is 8.90. The molecule has 1 aliphatic rings. The predicted octanol–water partition coefficient (Wildman–Crippen LogP) is 4.78. The summed E-state index contributed by atoms with van der Waals surface area (Å²) in [4.78, 5) is 12.2. The van der Waals surface area contributed by atoms with E-state index in [0.29, 0.717) is 6.54 Å². The number of amides is 2. The quantitative estimate of drug-likeness (QED) is 0.629. The number of H-pyrrole nitrogens is 1. The van der Waals surface area contributed by atoms with E-state index in [1.807, 2.05) is 60.7 Å². The van der Waals surface area contributed by atoms with Crippen molar-refractivity contribution >= 4 is 28.2 Å². The van der Waals surface area contributed by atoms with Crippen LogP contribution in [-0.4, -0.2) is 16.2 Å². The Kier molecular flexibility index (Phi) is 4.83. The van der Waals surface area contributed by atoms with Gasteiger partial charge in [-0.1, -0.05) is 60.7 Å². The van der Waals surface area contributed by atoms with Gasteiger partial charge in [0.15, 0.2) is 0 Å². The molecule has 1 heterocycles. The molecule has 2 aromatic carbocycles. The molecule has 2 amide bonds. The highest BCUT2D eigenvalue weighted by Crippen LogP contribution is 2.27. The van der Waals surface area contributed by atoms with Crippen molar-refractivity contribution in [2.75, 3.05) is 5.32 Å². The van der Waals surface area contributed by atoms with E-state index >= 15 is 0 Å². The summed E-state index contributed by atoms with van der Waals surface area (Å²) in [6.45, 7) is 0.482. The Morgan fingerprint density at radius 3 is 2.89 bits per heavy atom. The number of aromatic nitrogens is 2. The Bertz CT molecular complexity index is 1040. The average molecular weight is 356 g/mol. The predicted molar refractivity (Wildman–Crippen MR) is 109 cm³/mol. The zero-order valence-electron chi connectivity index (χ0n) is 14.8. The van der Waals surface area contributed by atoms with Crippen LogP contribution in [0.15, 0.2) is 78.9 Å². The second-order valence-corrected chi connectivity index (χ2v) is 6.31. The number of urea groups is 1. The van der Waals surface area contributed by atoms with Gasteiger partial charge in [-0.15, -0.1) is 0 Å². The SMILES string of the molecule is O=C(NCc1ccccc1)Nc1ccc2[nH]nc(C3=CC=CCC=C3)c2c1. The zero-order chi connectivity index (χ0) is 18.5. The third kappa shape index (κ3) is 3.98. The van der Waals surface area contributed by atoms with Gasteiger partial charge >= 0.3 is 6.03 Å². The summed E-state index contributed by atoms with van der Waals surface area (Å²) in [7, 11) is 0. The smallest absolute Gasteiger partial charge is 0.319 e. The van der Waals surface area contributed by atoms with Crippen molar-refractivity contribution in [1.29, 1.82) is 0 Å². The number of hydrogen-bond acceptors (Lipinski definition) is 2. The van der Waals surface area contributed by atoms with E-state index in [2.05, 4.69) is 39.1 Å². The maximum atomic E-state index is 12.2. The summed E-state index contributed by atoms with van der Waals surface area (Å²) >= 11 is 0. The Hall–Kier alpha value is -3.60. The Morgan fingerprint density at radius 1 is 1.11 bits per heavy atom. The molecular formula is C22H20N4O. The number of rotatable bonds is 4. The van der Waals surface area contributed by atoms with E-state index in [9.17, 15) is 4.79 Å². The maximum Gasteiger partial charge on any atom is 0.319 e. The highest BCUT2D eigenvalue weighted by molar-refractivity contribution is 5.97. The lowest BCUT2D eigenvalue weighted by atomic mass is 10.1. The number of nitrogens with zero attached hydrogens (tertiary/aromatic N) is 1. The summed E-state index contributed by atoms with van der Waals surface area (Å²) in [5.41, 5.74) is 4.63. The van der Waals surface area contributed by atoms with Crippen molar-refractivity contribution in [2.24, 2.45) is 0 Å². The lowest BCUT2D eigenvalue weighted by Crippen LogP contribution is -2.28. The zero-order valence-corrected chi connectivity index (χ0v) is 14.8. The van der Waals surface area contributed by atoms with Gasteiger partial charge in [0.1, 0.15) is 0 Å².